The van der Waals surface area contributed by atoms with Crippen molar-refractivity contribution in [1.82, 2.24) is 0 Å². The topological polar surface area (TPSA) is 13.1 Å². The minimum atomic E-state index is 0.400. The maximum atomic E-state index is 8.37. The number of rotatable bonds is 4. The van der Waals surface area contributed by atoms with E-state index in [4.69, 9.17) is 7.16 Å². The molecule has 0 aliphatic carbocycles. The fraction of sp³-hybridized carbons (Fsp3) is 0. The van der Waals surface area contributed by atoms with Crippen LogP contribution in [0.25, 0.3) is 98.8 Å². The van der Waals surface area contributed by atoms with E-state index in [1.165, 1.54) is 54.9 Å². The zero-order valence-corrected chi connectivity index (χ0v) is 26.6. The van der Waals surface area contributed by atoms with Gasteiger partial charge in [0.1, 0.15) is 11.2 Å². The molecule has 9 aromatic carbocycles. The summed E-state index contributed by atoms with van der Waals surface area (Å²) < 4.78 is 22.5. The molecule has 0 saturated carbocycles. The van der Waals surface area contributed by atoms with E-state index >= 15 is 0 Å². The summed E-state index contributed by atoms with van der Waals surface area (Å²) in [4.78, 5) is 0. The first-order valence-electron chi connectivity index (χ1n) is 17.7. The van der Waals surface area contributed by atoms with Gasteiger partial charge >= 0.3 is 0 Å². The molecule has 10 rings (SSSR count). The molecule has 49 heavy (non-hydrogen) atoms. The molecular formula is C48H30O. The molecule has 228 valence electrons. The van der Waals surface area contributed by atoms with Crippen LogP contribution in [0.4, 0.5) is 0 Å². The summed E-state index contributed by atoms with van der Waals surface area (Å²) in [6, 6.07) is 60.5. The molecule has 0 amide bonds. The fourth-order valence-electron chi connectivity index (χ4n) is 7.65. The van der Waals surface area contributed by atoms with Gasteiger partial charge < -0.3 is 4.42 Å². The Morgan fingerprint density at radius 1 is 0.367 bits per heavy atom. The van der Waals surface area contributed by atoms with Crippen molar-refractivity contribution in [3.63, 3.8) is 0 Å². The lowest BCUT2D eigenvalue weighted by Crippen LogP contribution is -1.91. The van der Waals surface area contributed by atoms with Gasteiger partial charge in [-0.2, -0.15) is 0 Å². The average molecular weight is 625 g/mol. The van der Waals surface area contributed by atoms with Crippen LogP contribution in [0.3, 0.4) is 0 Å². The van der Waals surface area contributed by atoms with Gasteiger partial charge in [0.2, 0.25) is 0 Å². The Balaban J connectivity index is 1.09. The van der Waals surface area contributed by atoms with Crippen molar-refractivity contribution < 1.29 is 7.16 Å². The first-order chi connectivity index (χ1) is 25.1. The highest BCUT2D eigenvalue weighted by Gasteiger charge is 2.17. The molecule has 0 aliphatic rings. The molecule has 0 unspecified atom stereocenters. The minimum absolute atomic E-state index is 0.400. The van der Waals surface area contributed by atoms with Crippen LogP contribution in [-0.2, 0) is 0 Å². The van der Waals surface area contributed by atoms with Crippen LogP contribution in [-0.4, -0.2) is 0 Å². The Morgan fingerprint density at radius 3 is 1.61 bits per heavy atom. The number of hydrogen-bond donors (Lipinski definition) is 0. The van der Waals surface area contributed by atoms with Crippen LogP contribution in [0.5, 0.6) is 0 Å². The van der Waals surface area contributed by atoms with Crippen LogP contribution in [0.1, 0.15) is 2.74 Å². The SMILES string of the molecule is [2H]c1ccc2cc(-c3ccc(-c4c5ccccc5c(-c5ccc(-c6cccc7oc8c([2H])cccc8c67)cc5)c5ccccc45)cc3)ccc2c1. The molecule has 1 heteroatoms. The predicted octanol–water partition coefficient (Wildman–Crippen LogP) is 13.7. The summed E-state index contributed by atoms with van der Waals surface area (Å²) in [6.07, 6.45) is 0. The molecule has 0 atom stereocenters. The fourth-order valence-corrected chi connectivity index (χ4v) is 7.65. The number of fused-ring (bicyclic) bond motifs is 6. The molecule has 0 N–H and O–H groups in total. The minimum Gasteiger partial charge on any atom is -0.456 e. The lowest BCUT2D eigenvalue weighted by Gasteiger charge is -2.18. The van der Waals surface area contributed by atoms with Gasteiger partial charge in [0.15, 0.2) is 0 Å². The normalized spacial score (nSPS) is 12.2. The van der Waals surface area contributed by atoms with Crippen molar-refractivity contribution >= 4 is 54.3 Å². The van der Waals surface area contributed by atoms with Crippen LogP contribution in [0.15, 0.2) is 186 Å². The first-order valence-corrected chi connectivity index (χ1v) is 16.7. The van der Waals surface area contributed by atoms with Gasteiger partial charge in [0.05, 0.1) is 2.74 Å². The summed E-state index contributed by atoms with van der Waals surface area (Å²) in [5.74, 6) is 0. The first kappa shape index (κ1) is 25.6. The Kier molecular flexibility index (Phi) is 5.79. The molecular weight excluding hydrogens is 593 g/mol. The molecule has 1 aromatic heterocycles. The smallest absolute Gasteiger partial charge is 0.136 e. The van der Waals surface area contributed by atoms with Gasteiger partial charge in [-0.15, -0.1) is 0 Å². The zero-order chi connectivity index (χ0) is 34.1. The summed E-state index contributed by atoms with van der Waals surface area (Å²) in [6.45, 7) is 0. The summed E-state index contributed by atoms with van der Waals surface area (Å²) in [5.41, 5.74) is 10.8. The van der Waals surface area contributed by atoms with Gasteiger partial charge in [-0.3, -0.25) is 0 Å². The molecule has 0 radical (unpaired) electrons. The Labute approximate surface area is 287 Å². The lowest BCUT2D eigenvalue weighted by molar-refractivity contribution is 0.669. The van der Waals surface area contributed by atoms with E-state index < -0.39 is 0 Å². The van der Waals surface area contributed by atoms with Gasteiger partial charge in [-0.05, 0) is 95.0 Å². The van der Waals surface area contributed by atoms with Crippen molar-refractivity contribution in [2.75, 3.05) is 0 Å². The van der Waals surface area contributed by atoms with Gasteiger partial charge in [-0.25, -0.2) is 0 Å². The largest absolute Gasteiger partial charge is 0.456 e. The Morgan fingerprint density at radius 2 is 0.939 bits per heavy atom. The number of hydrogen-bond acceptors (Lipinski definition) is 1. The third kappa shape index (κ3) is 4.47. The van der Waals surface area contributed by atoms with E-state index in [2.05, 4.69) is 121 Å². The molecule has 0 saturated heterocycles. The maximum absolute atomic E-state index is 8.37. The molecule has 0 spiro atoms. The number of furan rings is 1. The van der Waals surface area contributed by atoms with Crippen LogP contribution in [0.2, 0.25) is 0 Å². The van der Waals surface area contributed by atoms with Gasteiger partial charge in [0, 0.05) is 10.8 Å². The van der Waals surface area contributed by atoms with E-state index in [0.29, 0.717) is 17.7 Å². The molecule has 1 nitrogen and oxygen atoms in total. The highest BCUT2D eigenvalue weighted by Crippen LogP contribution is 2.45. The Hall–Kier alpha value is -6.44. The monoisotopic (exact) mass is 624 g/mol. The number of para-hydroxylation sites is 1. The summed E-state index contributed by atoms with van der Waals surface area (Å²) >= 11 is 0. The molecule has 10 aromatic rings. The van der Waals surface area contributed by atoms with E-state index in [9.17, 15) is 0 Å². The van der Waals surface area contributed by atoms with Crippen LogP contribution >= 0.6 is 0 Å². The third-order valence-electron chi connectivity index (χ3n) is 9.93. The zero-order valence-electron chi connectivity index (χ0n) is 28.6. The molecule has 1 heterocycles. The van der Waals surface area contributed by atoms with Crippen molar-refractivity contribution in [3.8, 4) is 44.5 Å². The van der Waals surface area contributed by atoms with Crippen LogP contribution in [0, 0.1) is 0 Å². The quantitative estimate of drug-likeness (QED) is 0.178. The highest BCUT2D eigenvalue weighted by atomic mass is 16.3. The lowest BCUT2D eigenvalue weighted by atomic mass is 9.85. The van der Waals surface area contributed by atoms with E-state index in [0.717, 1.165) is 38.3 Å². The second-order valence-corrected chi connectivity index (χ2v) is 12.7. The second-order valence-electron chi connectivity index (χ2n) is 12.7. The average Bonchev–Trinajstić information content (AvgIpc) is 3.57. The van der Waals surface area contributed by atoms with Gasteiger partial charge in [0.25, 0.3) is 0 Å². The summed E-state index contributed by atoms with van der Waals surface area (Å²) in [7, 11) is 0. The van der Waals surface area contributed by atoms with Crippen molar-refractivity contribution in [2.24, 2.45) is 0 Å². The standard InChI is InChI=1S/C48H30O/c1-2-11-36-30-37(29-22-31(36)10-1)32-20-25-34(26-21-32)46-39-12-3-5-14-41(39)47(42-15-6-4-13-40(42)46)35-27-23-33(24-28-35)38-17-9-19-45-48(38)43-16-7-8-18-44(43)49-45/h1-30H/i1D,18D. The predicted molar refractivity (Wildman–Crippen MR) is 208 cm³/mol. The van der Waals surface area contributed by atoms with Gasteiger partial charge in [-0.1, -0.05) is 164 Å². The van der Waals surface area contributed by atoms with E-state index in [1.807, 2.05) is 42.5 Å². The third-order valence-corrected chi connectivity index (χ3v) is 9.93. The molecule has 0 aliphatic heterocycles. The van der Waals surface area contributed by atoms with Crippen LogP contribution < -0.4 is 0 Å². The van der Waals surface area contributed by atoms with Crippen molar-refractivity contribution in [1.29, 1.82) is 0 Å². The number of benzene rings is 9. The highest BCUT2D eigenvalue weighted by molar-refractivity contribution is 6.21. The van der Waals surface area contributed by atoms with Crippen molar-refractivity contribution in [2.45, 2.75) is 0 Å². The Bertz CT molecular complexity index is 2910. The van der Waals surface area contributed by atoms with E-state index in [1.54, 1.807) is 6.07 Å². The molecule has 0 bridgehead atoms. The van der Waals surface area contributed by atoms with Crippen molar-refractivity contribution in [3.05, 3.63) is 182 Å². The second kappa shape index (κ2) is 11.1. The summed E-state index contributed by atoms with van der Waals surface area (Å²) in [5, 5.41) is 9.13. The molecule has 0 fully saturated rings. The van der Waals surface area contributed by atoms with E-state index in [-0.39, 0.29) is 0 Å². The maximum Gasteiger partial charge on any atom is 0.136 e.